The van der Waals surface area contributed by atoms with Crippen LogP contribution in [0.3, 0.4) is 0 Å². The van der Waals surface area contributed by atoms with Gasteiger partial charge in [0.25, 0.3) is 10.1 Å². The Hall–Kier alpha value is -1.36. The van der Waals surface area contributed by atoms with E-state index in [1.807, 2.05) is 6.92 Å². The van der Waals surface area contributed by atoms with Crippen molar-refractivity contribution in [2.45, 2.75) is 31.3 Å². The van der Waals surface area contributed by atoms with E-state index in [9.17, 15) is 13.2 Å². The van der Waals surface area contributed by atoms with Crippen molar-refractivity contribution in [2.24, 2.45) is 0 Å². The molecule has 0 saturated carbocycles. The maximum absolute atomic E-state index is 12.0. The second-order valence-electron chi connectivity index (χ2n) is 4.11. The van der Waals surface area contributed by atoms with Crippen molar-refractivity contribution in [1.29, 1.82) is 5.26 Å². The van der Waals surface area contributed by atoms with Gasteiger partial charge in [-0.25, -0.2) is 4.18 Å². The summed E-state index contributed by atoms with van der Waals surface area (Å²) < 4.78 is 28.8. The minimum absolute atomic E-state index is 0.0163. The van der Waals surface area contributed by atoms with Crippen molar-refractivity contribution in [3.05, 3.63) is 29.8 Å². The zero-order valence-electron chi connectivity index (χ0n) is 11.2. The number of rotatable bonds is 6. The Bertz CT molecular complexity index is 602. The number of nitrogens with zero attached hydrogens (tertiary/aromatic N) is 1. The highest BCUT2D eigenvalue weighted by atomic mass is 32.2. The van der Waals surface area contributed by atoms with Gasteiger partial charge in [0.1, 0.15) is 0 Å². The van der Waals surface area contributed by atoms with Gasteiger partial charge < -0.3 is 0 Å². The average molecular weight is 313 g/mol. The van der Waals surface area contributed by atoms with Crippen molar-refractivity contribution in [3.63, 3.8) is 0 Å². The molecule has 1 atom stereocenters. The third-order valence-corrected chi connectivity index (χ3v) is 4.56. The van der Waals surface area contributed by atoms with Crippen molar-refractivity contribution < 1.29 is 17.4 Å². The molecule has 0 aliphatic heterocycles. The SMILES string of the molecule is CC(=O)SCCC(C#N)OS(=O)(=O)c1ccc(C)cc1. The van der Waals surface area contributed by atoms with E-state index in [0.717, 1.165) is 17.3 Å². The molecule has 0 N–H and O–H groups in total. The number of benzene rings is 1. The molecule has 0 amide bonds. The molecular formula is C13H15NO4S2. The molecule has 0 radical (unpaired) electrons. The lowest BCUT2D eigenvalue weighted by Gasteiger charge is -2.10. The smallest absolute Gasteiger partial charge is 0.288 e. The Morgan fingerprint density at radius 3 is 2.50 bits per heavy atom. The molecule has 108 valence electrons. The molecular weight excluding hydrogens is 298 g/mol. The quantitative estimate of drug-likeness (QED) is 0.749. The molecule has 0 spiro atoms. The topological polar surface area (TPSA) is 84.2 Å². The molecule has 0 bridgehead atoms. The summed E-state index contributed by atoms with van der Waals surface area (Å²) in [6.07, 6.45) is -0.917. The lowest BCUT2D eigenvalue weighted by Crippen LogP contribution is -2.18. The largest absolute Gasteiger partial charge is 0.298 e. The molecule has 1 aromatic carbocycles. The van der Waals surface area contributed by atoms with Crippen LogP contribution in [0.4, 0.5) is 0 Å². The fraction of sp³-hybridized carbons (Fsp3) is 0.385. The molecule has 1 unspecified atom stereocenters. The second kappa shape index (κ2) is 7.43. The van der Waals surface area contributed by atoms with Crippen LogP contribution in [-0.4, -0.2) is 25.4 Å². The van der Waals surface area contributed by atoms with Crippen molar-refractivity contribution >= 4 is 27.0 Å². The van der Waals surface area contributed by atoms with Crippen LogP contribution in [0.5, 0.6) is 0 Å². The molecule has 7 heteroatoms. The van der Waals surface area contributed by atoms with Crippen LogP contribution < -0.4 is 0 Å². The van der Waals surface area contributed by atoms with Crippen molar-refractivity contribution in [1.82, 2.24) is 0 Å². The Balaban J connectivity index is 2.71. The summed E-state index contributed by atoms with van der Waals surface area (Å²) in [5.74, 6) is 0.344. The highest BCUT2D eigenvalue weighted by Crippen LogP contribution is 2.17. The Morgan fingerprint density at radius 1 is 1.40 bits per heavy atom. The number of hydrogen-bond donors (Lipinski definition) is 0. The lowest BCUT2D eigenvalue weighted by atomic mass is 10.2. The summed E-state index contributed by atoms with van der Waals surface area (Å²) in [6.45, 7) is 3.25. The summed E-state index contributed by atoms with van der Waals surface area (Å²) >= 11 is 1.03. The van der Waals surface area contributed by atoms with Gasteiger partial charge in [0, 0.05) is 12.7 Å². The molecule has 0 fully saturated rings. The van der Waals surface area contributed by atoms with Gasteiger partial charge in [-0.3, -0.25) is 4.79 Å². The number of carbonyl (C=O) groups is 1. The van der Waals surface area contributed by atoms with Crippen LogP contribution in [0.25, 0.3) is 0 Å². The first-order valence-corrected chi connectivity index (χ1v) is 8.27. The summed E-state index contributed by atoms with van der Waals surface area (Å²) in [6, 6.07) is 7.97. The van der Waals surface area contributed by atoms with E-state index in [1.165, 1.54) is 19.1 Å². The van der Waals surface area contributed by atoms with Gasteiger partial charge in [0.2, 0.25) is 0 Å². The highest BCUT2D eigenvalue weighted by Gasteiger charge is 2.21. The fourth-order valence-corrected chi connectivity index (χ4v) is 3.00. The Morgan fingerprint density at radius 2 is 2.00 bits per heavy atom. The van der Waals surface area contributed by atoms with Gasteiger partial charge in [0.05, 0.1) is 11.0 Å². The summed E-state index contributed by atoms with van der Waals surface area (Å²) in [4.78, 5) is 10.8. The normalized spacial score (nSPS) is 12.7. The van der Waals surface area contributed by atoms with Gasteiger partial charge in [-0.05, 0) is 25.5 Å². The minimum atomic E-state index is -3.96. The molecule has 0 aromatic heterocycles. The molecule has 1 rings (SSSR count). The summed E-state index contributed by atoms with van der Waals surface area (Å²) in [5.41, 5.74) is 0.929. The van der Waals surface area contributed by atoms with E-state index < -0.39 is 16.2 Å². The van der Waals surface area contributed by atoms with Gasteiger partial charge in [-0.1, -0.05) is 29.5 Å². The maximum atomic E-state index is 12.0. The average Bonchev–Trinajstić information content (AvgIpc) is 2.37. The number of thioether (sulfide) groups is 1. The Labute approximate surface area is 123 Å². The van der Waals surface area contributed by atoms with Crippen LogP contribution in [-0.2, 0) is 19.1 Å². The summed E-state index contributed by atoms with van der Waals surface area (Å²) in [5, 5.41) is 8.83. The monoisotopic (exact) mass is 313 g/mol. The predicted molar refractivity (Wildman–Crippen MR) is 76.6 cm³/mol. The molecule has 0 heterocycles. The first-order valence-electron chi connectivity index (χ1n) is 5.88. The van der Waals surface area contributed by atoms with Crippen LogP contribution >= 0.6 is 11.8 Å². The minimum Gasteiger partial charge on any atom is -0.288 e. The van der Waals surface area contributed by atoms with E-state index in [4.69, 9.17) is 9.44 Å². The lowest BCUT2D eigenvalue weighted by molar-refractivity contribution is -0.109. The number of nitriles is 1. The fourth-order valence-electron chi connectivity index (χ4n) is 1.36. The van der Waals surface area contributed by atoms with E-state index in [1.54, 1.807) is 18.2 Å². The Kier molecular flexibility index (Phi) is 6.20. The molecule has 1 aromatic rings. The first kappa shape index (κ1) is 16.7. The zero-order chi connectivity index (χ0) is 15.2. The van der Waals surface area contributed by atoms with Gasteiger partial charge in [-0.2, -0.15) is 13.7 Å². The van der Waals surface area contributed by atoms with E-state index in [0.29, 0.717) is 5.75 Å². The van der Waals surface area contributed by atoms with Crippen LogP contribution in [0.2, 0.25) is 0 Å². The predicted octanol–water partition coefficient (Wildman–Crippen LogP) is 2.26. The number of hydrogen-bond acceptors (Lipinski definition) is 6. The molecule has 0 aliphatic rings. The summed E-state index contributed by atoms with van der Waals surface area (Å²) in [7, 11) is -3.96. The van der Waals surface area contributed by atoms with Crippen LogP contribution in [0.15, 0.2) is 29.2 Å². The first-order chi connectivity index (χ1) is 9.35. The third-order valence-electron chi connectivity index (χ3n) is 2.38. The standard InChI is InChI=1S/C13H15NO4S2/c1-10-3-5-13(6-4-10)20(16,17)18-12(9-14)7-8-19-11(2)15/h3-6,12H,7-8H2,1-2H3. The second-order valence-corrected chi connectivity index (χ2v) is 6.95. The highest BCUT2D eigenvalue weighted by molar-refractivity contribution is 8.13. The number of aryl methyl sites for hydroxylation is 1. The zero-order valence-corrected chi connectivity index (χ0v) is 12.8. The van der Waals surface area contributed by atoms with E-state index in [-0.39, 0.29) is 16.4 Å². The number of carbonyl (C=O) groups excluding carboxylic acids is 1. The van der Waals surface area contributed by atoms with Crippen molar-refractivity contribution in [3.8, 4) is 6.07 Å². The molecule has 20 heavy (non-hydrogen) atoms. The van der Waals surface area contributed by atoms with Crippen LogP contribution in [0, 0.1) is 18.3 Å². The van der Waals surface area contributed by atoms with Gasteiger partial charge in [0.15, 0.2) is 11.2 Å². The van der Waals surface area contributed by atoms with Crippen LogP contribution in [0.1, 0.15) is 18.9 Å². The third kappa shape index (κ3) is 5.33. The van der Waals surface area contributed by atoms with E-state index >= 15 is 0 Å². The van der Waals surface area contributed by atoms with Gasteiger partial charge in [-0.15, -0.1) is 0 Å². The van der Waals surface area contributed by atoms with Crippen molar-refractivity contribution in [2.75, 3.05) is 5.75 Å². The molecule has 5 nitrogen and oxygen atoms in total. The van der Waals surface area contributed by atoms with Gasteiger partial charge >= 0.3 is 0 Å². The van der Waals surface area contributed by atoms with E-state index in [2.05, 4.69) is 0 Å². The molecule has 0 aliphatic carbocycles. The maximum Gasteiger partial charge on any atom is 0.298 e. The molecule has 0 saturated heterocycles.